The Kier molecular flexibility index (Phi) is 17.4. The van der Waals surface area contributed by atoms with Gasteiger partial charge in [0.05, 0.1) is 5.69 Å². The fraction of sp³-hybridized carbons (Fsp3) is 0.0833. The summed E-state index contributed by atoms with van der Waals surface area (Å²) in [5.41, 5.74) is 4.54. The Morgan fingerprint density at radius 1 is 0.765 bits per heavy atom. The van der Waals surface area contributed by atoms with E-state index in [0.717, 1.165) is 37.0 Å². The Morgan fingerprint density at radius 3 is 1.65 bits per heavy atom. The van der Waals surface area contributed by atoms with Crippen LogP contribution in [0.1, 0.15) is 11.1 Å². The summed E-state index contributed by atoms with van der Waals surface area (Å²) in [4.78, 5) is 8.30. The zero-order valence-corrected chi connectivity index (χ0v) is 25.3. The van der Waals surface area contributed by atoms with Crippen LogP contribution in [-0.4, -0.2) is 32.6 Å². The second kappa shape index (κ2) is 17.8. The van der Waals surface area contributed by atoms with E-state index >= 15 is 0 Å². The maximum Gasteiger partial charge on any atom is 1.00 e. The summed E-state index contributed by atoms with van der Waals surface area (Å²) in [6, 6.07) is 22.3. The number of benzene rings is 2. The van der Waals surface area contributed by atoms with Gasteiger partial charge in [-0.05, 0) is 58.5 Å². The maximum atomic E-state index is 8.58. The minimum Gasteiger partial charge on any atom is -0.870 e. The molecule has 0 atom stereocenters. The zero-order valence-electron chi connectivity index (χ0n) is 19.0. The van der Waals surface area contributed by atoms with E-state index in [9.17, 15) is 0 Å². The molecular weight excluding hydrogens is 565 g/mol. The predicted molar refractivity (Wildman–Crippen MR) is 139 cm³/mol. The molecule has 0 bridgehead atoms. The van der Waals surface area contributed by atoms with E-state index in [-0.39, 0.29) is 56.9 Å². The summed E-state index contributed by atoms with van der Waals surface area (Å²) < 4.78 is 0.776. The quantitative estimate of drug-likeness (QED) is 0.278. The van der Waals surface area contributed by atoms with Gasteiger partial charge in [0.1, 0.15) is 4.60 Å². The average Bonchev–Trinajstić information content (AvgIpc) is 2.80. The minimum absolute atomic E-state index is 0. The second-order valence-electron chi connectivity index (χ2n) is 6.73. The first-order chi connectivity index (χ1) is 15.3. The molecule has 4 aromatic rings. The molecule has 0 aliphatic rings. The molecular formula is C24H23BBrCl2KN2O3. The summed E-state index contributed by atoms with van der Waals surface area (Å²) in [7, 11) is -1.34. The Labute approximate surface area is 261 Å². The van der Waals surface area contributed by atoms with E-state index in [1.54, 1.807) is 42.7 Å². The standard InChI is InChI=1S/C12H10ClN.C6H7BO2.C6H5BrClN.K.H2O/c1-9-8-14-12(7-11(9)13)10-5-3-2-4-6-10;8-7(9)6-4-2-1-3-5-6;1-4-3-9-6(7)2-5(4)8;;/h2-8H,1H3;1-5,8-9H;2-3H,1H3;;1H2/q;;;+1;/p-1. The van der Waals surface area contributed by atoms with Crippen LogP contribution in [0.15, 0.2) is 89.8 Å². The molecule has 3 N–H and O–H groups in total. The first-order valence-electron chi connectivity index (χ1n) is 9.64. The summed E-state index contributed by atoms with van der Waals surface area (Å²) in [5, 5.41) is 18.7. The van der Waals surface area contributed by atoms with E-state index in [4.69, 9.17) is 33.2 Å². The molecule has 0 unspecified atom stereocenters. The van der Waals surface area contributed by atoms with Gasteiger partial charge in [-0.2, -0.15) is 0 Å². The molecule has 2 aromatic carbocycles. The number of aromatic nitrogens is 2. The number of pyridine rings is 2. The van der Waals surface area contributed by atoms with Crippen molar-refractivity contribution in [1.29, 1.82) is 0 Å². The minimum atomic E-state index is -1.34. The molecule has 0 spiro atoms. The second-order valence-corrected chi connectivity index (χ2v) is 8.35. The Morgan fingerprint density at radius 2 is 1.24 bits per heavy atom. The van der Waals surface area contributed by atoms with Crippen LogP contribution in [0.25, 0.3) is 11.3 Å². The van der Waals surface area contributed by atoms with Crippen molar-refractivity contribution in [3.8, 4) is 11.3 Å². The summed E-state index contributed by atoms with van der Waals surface area (Å²) >= 11 is 15.0. The molecule has 34 heavy (non-hydrogen) atoms. The van der Waals surface area contributed by atoms with Crippen molar-refractivity contribution >= 4 is 51.7 Å². The van der Waals surface area contributed by atoms with Gasteiger partial charge in [0, 0.05) is 28.0 Å². The summed E-state index contributed by atoms with van der Waals surface area (Å²) in [6.45, 7) is 3.87. The first kappa shape index (κ1) is 33.4. The van der Waals surface area contributed by atoms with Crippen LogP contribution >= 0.6 is 39.1 Å². The van der Waals surface area contributed by atoms with E-state index in [1.165, 1.54) is 0 Å². The fourth-order valence-corrected chi connectivity index (χ4v) is 3.13. The molecule has 0 aliphatic carbocycles. The molecule has 172 valence electrons. The third-order valence-electron chi connectivity index (χ3n) is 4.21. The molecule has 4 rings (SSSR count). The van der Waals surface area contributed by atoms with Crippen LogP contribution in [0.5, 0.6) is 0 Å². The predicted octanol–water partition coefficient (Wildman–Crippen LogP) is 2.71. The number of halogens is 3. The molecule has 0 fully saturated rings. The van der Waals surface area contributed by atoms with Crippen molar-refractivity contribution in [1.82, 2.24) is 9.97 Å². The van der Waals surface area contributed by atoms with Gasteiger partial charge >= 0.3 is 58.5 Å². The normalized spacial score (nSPS) is 9.15. The van der Waals surface area contributed by atoms with Crippen LogP contribution in [0.3, 0.4) is 0 Å². The van der Waals surface area contributed by atoms with Gasteiger partial charge in [0.2, 0.25) is 0 Å². The van der Waals surface area contributed by atoms with E-state index in [2.05, 4.69) is 25.9 Å². The van der Waals surface area contributed by atoms with Crippen molar-refractivity contribution in [3.63, 3.8) is 0 Å². The maximum absolute atomic E-state index is 8.58. The monoisotopic (exact) mass is 586 g/mol. The van der Waals surface area contributed by atoms with Gasteiger partial charge in [-0.1, -0.05) is 83.9 Å². The van der Waals surface area contributed by atoms with Gasteiger partial charge < -0.3 is 15.5 Å². The number of nitrogens with zero attached hydrogens (tertiary/aromatic N) is 2. The zero-order chi connectivity index (χ0) is 23.5. The Hall–Kier alpha value is -0.619. The van der Waals surface area contributed by atoms with Crippen molar-refractivity contribution in [2.45, 2.75) is 13.8 Å². The largest absolute Gasteiger partial charge is 1.00 e. The molecule has 0 saturated carbocycles. The molecule has 0 aliphatic heterocycles. The number of aryl methyl sites for hydroxylation is 2. The van der Waals surface area contributed by atoms with Crippen LogP contribution in [-0.2, 0) is 0 Å². The fourth-order valence-electron chi connectivity index (χ4n) is 2.37. The van der Waals surface area contributed by atoms with E-state index < -0.39 is 7.12 Å². The third kappa shape index (κ3) is 11.9. The van der Waals surface area contributed by atoms with Crippen molar-refractivity contribution < 1.29 is 66.9 Å². The van der Waals surface area contributed by atoms with Crippen LogP contribution in [0, 0.1) is 13.8 Å². The van der Waals surface area contributed by atoms with E-state index in [0.29, 0.717) is 5.46 Å². The first-order valence-corrected chi connectivity index (χ1v) is 11.2. The molecule has 2 heterocycles. The molecule has 10 heteroatoms. The Balaban J connectivity index is 0.000000485. The summed E-state index contributed by atoms with van der Waals surface area (Å²) in [5.74, 6) is 0. The van der Waals surface area contributed by atoms with Gasteiger partial charge in [-0.25, -0.2) is 4.98 Å². The number of hydrogen-bond acceptors (Lipinski definition) is 5. The Bertz CT molecular complexity index is 1130. The number of rotatable bonds is 2. The van der Waals surface area contributed by atoms with Crippen molar-refractivity contribution in [2.24, 2.45) is 0 Å². The van der Waals surface area contributed by atoms with Crippen LogP contribution < -0.4 is 56.8 Å². The smallest absolute Gasteiger partial charge is 0.870 e. The van der Waals surface area contributed by atoms with Crippen LogP contribution in [0.2, 0.25) is 10.0 Å². The molecule has 2 aromatic heterocycles. The molecule has 0 saturated heterocycles. The molecule has 0 amide bonds. The van der Waals surface area contributed by atoms with Gasteiger partial charge in [-0.15, -0.1) is 0 Å². The van der Waals surface area contributed by atoms with Gasteiger partial charge in [0.15, 0.2) is 0 Å². The third-order valence-corrected chi connectivity index (χ3v) is 5.46. The van der Waals surface area contributed by atoms with Gasteiger partial charge in [0.25, 0.3) is 0 Å². The van der Waals surface area contributed by atoms with Crippen molar-refractivity contribution in [3.05, 3.63) is 111 Å². The van der Waals surface area contributed by atoms with Crippen LogP contribution in [0.4, 0.5) is 0 Å². The summed E-state index contributed by atoms with van der Waals surface area (Å²) in [6.07, 6.45) is 3.52. The van der Waals surface area contributed by atoms with Gasteiger partial charge in [-0.3, -0.25) is 4.98 Å². The molecule has 0 radical (unpaired) electrons. The van der Waals surface area contributed by atoms with E-state index in [1.807, 2.05) is 56.3 Å². The molecule has 5 nitrogen and oxygen atoms in total. The SMILES string of the molecule is Cc1cnc(-c2ccccc2)cc1Cl.Cc1cnc(Br)cc1Cl.OB(O)c1ccccc1.[K+].[OH-]. The van der Waals surface area contributed by atoms with Crippen molar-refractivity contribution in [2.75, 3.05) is 0 Å². The average molecular weight is 588 g/mol. The topological polar surface area (TPSA) is 96.2 Å². The number of hydrogen-bond donors (Lipinski definition) is 2.